The third-order valence-corrected chi connectivity index (χ3v) is 3.06. The van der Waals surface area contributed by atoms with Crippen molar-refractivity contribution < 1.29 is 31.1 Å². The van der Waals surface area contributed by atoms with Gasteiger partial charge >= 0.3 is 12.5 Å². The minimum atomic E-state index is -4.97. The summed E-state index contributed by atoms with van der Waals surface area (Å²) in [7, 11) is 0. The van der Waals surface area contributed by atoms with Gasteiger partial charge in [0.2, 0.25) is 0 Å². The van der Waals surface area contributed by atoms with Crippen LogP contribution in [0.15, 0.2) is 42.5 Å². The molecule has 24 heavy (non-hydrogen) atoms. The second-order valence-electron chi connectivity index (χ2n) is 4.62. The summed E-state index contributed by atoms with van der Waals surface area (Å²) in [6, 6.07) is 7.99. The summed E-state index contributed by atoms with van der Waals surface area (Å²) >= 11 is 0. The largest absolute Gasteiger partial charge is 0.573 e. The highest BCUT2D eigenvalue weighted by Gasteiger charge is 2.34. The number of nitrogens with two attached hydrogens (primary N) is 1. The predicted octanol–water partition coefficient (Wildman–Crippen LogP) is 5.15. The van der Waals surface area contributed by atoms with E-state index in [1.807, 2.05) is 0 Å². The Hall–Kier alpha value is -1.93. The van der Waals surface area contributed by atoms with Gasteiger partial charge in [0.05, 0.1) is 5.56 Å². The number of rotatable bonds is 3. The van der Waals surface area contributed by atoms with E-state index >= 15 is 0 Å². The first-order chi connectivity index (χ1) is 10.6. The molecule has 2 aromatic rings. The predicted molar refractivity (Wildman–Crippen MR) is 78.7 cm³/mol. The fourth-order valence-corrected chi connectivity index (χ4v) is 2.09. The highest BCUT2D eigenvalue weighted by atomic mass is 35.5. The van der Waals surface area contributed by atoms with Crippen molar-refractivity contribution in [2.45, 2.75) is 19.1 Å². The number of alkyl halides is 6. The van der Waals surface area contributed by atoms with Crippen LogP contribution in [0.5, 0.6) is 5.75 Å². The van der Waals surface area contributed by atoms with E-state index in [1.165, 1.54) is 30.3 Å². The maximum atomic E-state index is 13.0. The molecule has 0 aliphatic heterocycles. The van der Waals surface area contributed by atoms with E-state index in [2.05, 4.69) is 4.74 Å². The molecule has 0 aliphatic rings. The van der Waals surface area contributed by atoms with Crippen molar-refractivity contribution in [3.05, 3.63) is 53.6 Å². The molecule has 0 heterocycles. The lowest BCUT2D eigenvalue weighted by molar-refractivity contribution is -0.274. The quantitative estimate of drug-likeness (QED) is 0.757. The molecule has 0 radical (unpaired) electrons. The van der Waals surface area contributed by atoms with E-state index in [-0.39, 0.29) is 35.6 Å². The van der Waals surface area contributed by atoms with Gasteiger partial charge in [-0.25, -0.2) is 0 Å². The molecule has 0 aromatic heterocycles. The molecule has 0 atom stereocenters. The van der Waals surface area contributed by atoms with Gasteiger partial charge in [-0.05, 0) is 23.3 Å². The zero-order valence-corrected chi connectivity index (χ0v) is 12.7. The third-order valence-electron chi connectivity index (χ3n) is 3.06. The zero-order valence-electron chi connectivity index (χ0n) is 11.9. The van der Waals surface area contributed by atoms with Crippen LogP contribution in [0.2, 0.25) is 0 Å². The van der Waals surface area contributed by atoms with E-state index in [4.69, 9.17) is 5.73 Å². The lowest BCUT2D eigenvalue weighted by atomic mass is 9.98. The van der Waals surface area contributed by atoms with E-state index in [9.17, 15) is 26.3 Å². The van der Waals surface area contributed by atoms with Crippen LogP contribution in [0.4, 0.5) is 26.3 Å². The molecule has 0 unspecified atom stereocenters. The fourth-order valence-electron chi connectivity index (χ4n) is 2.09. The Kier molecular flexibility index (Phi) is 6.13. The summed E-state index contributed by atoms with van der Waals surface area (Å²) in [4.78, 5) is 0. The summed E-state index contributed by atoms with van der Waals surface area (Å²) < 4.78 is 80.2. The Labute approximate surface area is 139 Å². The molecule has 9 heteroatoms. The molecule has 0 saturated carbocycles. The summed E-state index contributed by atoms with van der Waals surface area (Å²) in [6.45, 7) is -0.243. The van der Waals surface area contributed by atoms with Gasteiger partial charge in [0.25, 0.3) is 0 Å². The van der Waals surface area contributed by atoms with Crippen LogP contribution < -0.4 is 10.5 Å². The van der Waals surface area contributed by atoms with Crippen molar-refractivity contribution in [1.82, 2.24) is 0 Å². The second-order valence-corrected chi connectivity index (χ2v) is 4.62. The Balaban J connectivity index is 0.00000288. The van der Waals surface area contributed by atoms with Gasteiger partial charge in [-0.1, -0.05) is 30.3 Å². The third kappa shape index (κ3) is 4.78. The highest BCUT2D eigenvalue weighted by molar-refractivity contribution is 5.85. The van der Waals surface area contributed by atoms with Gasteiger partial charge in [0, 0.05) is 12.1 Å². The molecule has 0 spiro atoms. The average Bonchev–Trinajstić information content (AvgIpc) is 2.44. The van der Waals surface area contributed by atoms with Gasteiger partial charge < -0.3 is 10.5 Å². The average molecular weight is 372 g/mol. The molecule has 0 fully saturated rings. The van der Waals surface area contributed by atoms with E-state index in [1.54, 1.807) is 0 Å². The van der Waals surface area contributed by atoms with Gasteiger partial charge in [-0.2, -0.15) is 13.2 Å². The summed E-state index contributed by atoms with van der Waals surface area (Å²) in [5.74, 6) is -0.616. The van der Waals surface area contributed by atoms with Gasteiger partial charge in [0.15, 0.2) is 0 Å². The molecule has 132 valence electrons. The lowest BCUT2D eigenvalue weighted by Gasteiger charge is -2.16. The van der Waals surface area contributed by atoms with Crippen molar-refractivity contribution in [1.29, 1.82) is 0 Å². The summed E-state index contributed by atoms with van der Waals surface area (Å²) in [5, 5.41) is 0. The maximum absolute atomic E-state index is 13.0. The standard InChI is InChI=1S/C15H11F6NO.ClH/c16-14(17,18)12-4-2-1-3-11(12)9-5-6-10(8-22)13(7-9)23-15(19,20)21;/h1-7H,8,22H2;1H. The smallest absolute Gasteiger partial charge is 0.405 e. The molecule has 2 aromatic carbocycles. The Bertz CT molecular complexity index is 699. The first kappa shape index (κ1) is 20.1. The van der Waals surface area contributed by atoms with Crippen LogP contribution in [0.1, 0.15) is 11.1 Å². The maximum Gasteiger partial charge on any atom is 0.573 e. The molecular formula is C15H12ClF6NO. The molecule has 2 N–H and O–H groups in total. The molecule has 0 saturated heterocycles. The SMILES string of the molecule is Cl.NCc1ccc(-c2ccccc2C(F)(F)F)cc1OC(F)(F)F. The number of halogens is 7. The van der Waals surface area contributed by atoms with Crippen LogP contribution in [0.25, 0.3) is 11.1 Å². The molecule has 2 nitrogen and oxygen atoms in total. The monoisotopic (exact) mass is 371 g/mol. The minimum Gasteiger partial charge on any atom is -0.405 e. The second kappa shape index (κ2) is 7.31. The van der Waals surface area contributed by atoms with Gasteiger partial charge in [-0.3, -0.25) is 0 Å². The van der Waals surface area contributed by atoms with Gasteiger partial charge in [0.1, 0.15) is 5.75 Å². The van der Waals surface area contributed by atoms with Crippen molar-refractivity contribution >= 4 is 12.4 Å². The first-order valence-electron chi connectivity index (χ1n) is 6.37. The highest BCUT2D eigenvalue weighted by Crippen LogP contribution is 2.39. The van der Waals surface area contributed by atoms with Crippen LogP contribution in [-0.2, 0) is 12.7 Å². The normalized spacial score (nSPS) is 11.8. The van der Waals surface area contributed by atoms with E-state index in [0.717, 1.165) is 12.1 Å². The number of hydrogen-bond donors (Lipinski definition) is 1. The lowest BCUT2D eigenvalue weighted by Crippen LogP contribution is -2.18. The van der Waals surface area contributed by atoms with E-state index < -0.39 is 23.9 Å². The zero-order chi connectivity index (χ0) is 17.3. The summed E-state index contributed by atoms with van der Waals surface area (Å²) in [6.07, 6.45) is -9.60. The minimum absolute atomic E-state index is 0. The molecular weight excluding hydrogens is 360 g/mol. The van der Waals surface area contributed by atoms with Crippen LogP contribution >= 0.6 is 12.4 Å². The van der Waals surface area contributed by atoms with Crippen molar-refractivity contribution in [3.8, 4) is 16.9 Å². The number of ether oxygens (including phenoxy) is 1. The Morgan fingerprint density at radius 1 is 0.917 bits per heavy atom. The fraction of sp³-hybridized carbons (Fsp3) is 0.200. The molecule has 2 rings (SSSR count). The number of benzene rings is 2. The first-order valence-corrected chi connectivity index (χ1v) is 6.37. The van der Waals surface area contributed by atoms with Crippen LogP contribution in [-0.4, -0.2) is 6.36 Å². The van der Waals surface area contributed by atoms with Crippen molar-refractivity contribution in [3.63, 3.8) is 0 Å². The number of hydrogen-bond acceptors (Lipinski definition) is 2. The van der Waals surface area contributed by atoms with E-state index in [0.29, 0.717) is 0 Å². The summed E-state index contributed by atoms with van der Waals surface area (Å²) in [5.41, 5.74) is 4.13. The Morgan fingerprint density at radius 3 is 2.08 bits per heavy atom. The van der Waals surface area contributed by atoms with Crippen LogP contribution in [0, 0.1) is 0 Å². The molecule has 0 bridgehead atoms. The Morgan fingerprint density at radius 2 is 1.54 bits per heavy atom. The molecule has 0 aliphatic carbocycles. The van der Waals surface area contributed by atoms with Crippen LogP contribution in [0.3, 0.4) is 0 Å². The van der Waals surface area contributed by atoms with Crippen molar-refractivity contribution in [2.24, 2.45) is 5.73 Å². The molecule has 0 amide bonds. The van der Waals surface area contributed by atoms with Crippen molar-refractivity contribution in [2.75, 3.05) is 0 Å². The topological polar surface area (TPSA) is 35.2 Å². The van der Waals surface area contributed by atoms with Gasteiger partial charge in [-0.15, -0.1) is 25.6 Å².